The van der Waals surface area contributed by atoms with Gasteiger partial charge in [-0.25, -0.2) is 0 Å². The molecule has 0 radical (unpaired) electrons. The molecule has 4 saturated carbocycles. The summed E-state index contributed by atoms with van der Waals surface area (Å²) in [6, 6.07) is 0.394. The maximum Gasteiger partial charge on any atom is 0.234 e. The molecule has 0 aromatic carbocycles. The van der Waals surface area contributed by atoms with Gasteiger partial charge in [-0.15, -0.1) is 0 Å². The van der Waals surface area contributed by atoms with Crippen molar-refractivity contribution in [2.24, 2.45) is 52.3 Å². The molecule has 3 nitrogen and oxygen atoms in total. The highest BCUT2D eigenvalue weighted by molar-refractivity contribution is 7.99. The second kappa shape index (κ2) is 13.6. The van der Waals surface area contributed by atoms with Crippen LogP contribution in [0.2, 0.25) is 0 Å². The van der Waals surface area contributed by atoms with Crippen LogP contribution in [0.4, 0.5) is 0 Å². The summed E-state index contributed by atoms with van der Waals surface area (Å²) in [5, 5.41) is 6.78. The highest BCUT2D eigenvalue weighted by Gasteiger charge is 2.60. The molecule has 2 N–H and O–H groups in total. The fourth-order valence-electron chi connectivity index (χ4n) is 10.3. The molecule has 4 heteroatoms. The Kier molecular flexibility index (Phi) is 11.0. The van der Waals surface area contributed by atoms with E-state index in [4.69, 9.17) is 0 Å². The molecule has 0 spiro atoms. The van der Waals surface area contributed by atoms with Crippen LogP contribution in [0.1, 0.15) is 125 Å². The van der Waals surface area contributed by atoms with Crippen LogP contribution < -0.4 is 10.6 Å². The van der Waals surface area contributed by atoms with Crippen LogP contribution in [0.5, 0.6) is 0 Å². The monoisotopic (exact) mass is 546 g/mol. The smallest absolute Gasteiger partial charge is 0.234 e. The maximum atomic E-state index is 12.6. The Morgan fingerprint density at radius 1 is 0.921 bits per heavy atom. The highest BCUT2D eigenvalue weighted by Crippen LogP contribution is 2.68. The van der Waals surface area contributed by atoms with Crippen LogP contribution in [-0.4, -0.2) is 36.5 Å². The minimum absolute atomic E-state index is 0.211. The van der Waals surface area contributed by atoms with E-state index in [1.807, 2.05) is 11.8 Å². The number of carbonyl (C=O) groups excluding carboxylic acids is 1. The minimum atomic E-state index is 0.211. The third-order valence-corrected chi connectivity index (χ3v) is 13.3. The van der Waals surface area contributed by atoms with E-state index in [1.54, 1.807) is 0 Å². The number of amides is 1. The lowest BCUT2D eigenvalue weighted by molar-refractivity contribution is -0.127. The Labute approximate surface area is 240 Å². The van der Waals surface area contributed by atoms with E-state index in [-0.39, 0.29) is 5.91 Å². The van der Waals surface area contributed by atoms with E-state index in [2.05, 4.69) is 52.2 Å². The van der Waals surface area contributed by atoms with Crippen LogP contribution in [-0.2, 0) is 4.79 Å². The van der Waals surface area contributed by atoms with E-state index < -0.39 is 0 Å². The average molecular weight is 547 g/mol. The van der Waals surface area contributed by atoms with Gasteiger partial charge in [0.2, 0.25) is 5.91 Å². The van der Waals surface area contributed by atoms with Gasteiger partial charge in [0.25, 0.3) is 0 Å². The van der Waals surface area contributed by atoms with Crippen LogP contribution in [0, 0.1) is 52.3 Å². The molecule has 4 rings (SSSR count). The average Bonchev–Trinajstić information content (AvgIpc) is 3.23. The zero-order valence-electron chi connectivity index (χ0n) is 26.0. The lowest BCUT2D eigenvalue weighted by Gasteiger charge is -2.61. The molecule has 0 heterocycles. The van der Waals surface area contributed by atoms with Gasteiger partial charge in [-0.2, -0.15) is 11.8 Å². The maximum absolute atomic E-state index is 12.6. The molecule has 0 aliphatic heterocycles. The molecule has 1 amide bonds. The van der Waals surface area contributed by atoms with Crippen LogP contribution in [0.3, 0.4) is 0 Å². The molecule has 4 aliphatic carbocycles. The summed E-state index contributed by atoms with van der Waals surface area (Å²) in [4.78, 5) is 12.6. The van der Waals surface area contributed by atoms with Crippen LogP contribution >= 0.6 is 11.8 Å². The fraction of sp³-hybridized carbons (Fsp3) is 0.971. The second-order valence-electron chi connectivity index (χ2n) is 15.0. The predicted octanol–water partition coefficient (Wildman–Crippen LogP) is 8.33. The third-order valence-electron chi connectivity index (χ3n) is 12.4. The molecule has 0 aromatic heterocycles. The van der Waals surface area contributed by atoms with E-state index in [0.29, 0.717) is 23.4 Å². The first-order valence-corrected chi connectivity index (χ1v) is 17.9. The number of fused-ring (bicyclic) bond motifs is 5. The van der Waals surface area contributed by atoms with Gasteiger partial charge in [0.15, 0.2) is 0 Å². The Morgan fingerprint density at radius 2 is 1.68 bits per heavy atom. The van der Waals surface area contributed by atoms with Gasteiger partial charge in [-0.1, -0.05) is 60.8 Å². The normalized spacial score (nSPS) is 39.3. The standard InChI is InChI=1S/C34H62N2OS/c1-7-38-21-9-20-35-23-32(37)36-27-16-18-33(5)26(22-27)12-13-28-30-15-14-29(25(4)11-8-10-24(2)3)34(30,6)19-17-31(28)33/h24-31,35H,7-23H2,1-6H3,(H,36,37)/t25-,26-,27+,28-,29+,30-,31-,33-,34+/m0/s1. The molecule has 4 aliphatic rings. The number of rotatable bonds is 13. The Hall–Kier alpha value is -0.220. The molecule has 0 saturated heterocycles. The zero-order chi connectivity index (χ0) is 27.3. The predicted molar refractivity (Wildman–Crippen MR) is 165 cm³/mol. The summed E-state index contributed by atoms with van der Waals surface area (Å²) in [5.41, 5.74) is 1.09. The molecule has 9 atom stereocenters. The largest absolute Gasteiger partial charge is 0.352 e. The van der Waals surface area contributed by atoms with Crippen molar-refractivity contribution >= 4 is 17.7 Å². The van der Waals surface area contributed by atoms with E-state index in [1.165, 1.54) is 88.6 Å². The number of nitrogens with one attached hydrogen (secondary N) is 2. The first kappa shape index (κ1) is 30.7. The lowest BCUT2D eigenvalue weighted by Crippen LogP contribution is -2.56. The van der Waals surface area contributed by atoms with Gasteiger partial charge >= 0.3 is 0 Å². The topological polar surface area (TPSA) is 41.1 Å². The fourth-order valence-corrected chi connectivity index (χ4v) is 11.0. The van der Waals surface area contributed by atoms with Crippen molar-refractivity contribution < 1.29 is 4.79 Å². The van der Waals surface area contributed by atoms with Crippen molar-refractivity contribution in [1.29, 1.82) is 0 Å². The molecular formula is C34H62N2OS. The van der Waals surface area contributed by atoms with Gasteiger partial charge in [0, 0.05) is 6.04 Å². The first-order valence-electron chi connectivity index (χ1n) is 16.8. The first-order chi connectivity index (χ1) is 18.2. The molecule has 0 unspecified atom stereocenters. The number of hydrogen-bond donors (Lipinski definition) is 2. The third kappa shape index (κ3) is 6.80. The molecule has 4 fully saturated rings. The van der Waals surface area contributed by atoms with Crippen LogP contribution in [0.25, 0.3) is 0 Å². The Morgan fingerprint density at radius 3 is 2.45 bits per heavy atom. The number of thioether (sulfide) groups is 1. The van der Waals surface area contributed by atoms with E-state index in [0.717, 1.165) is 54.4 Å². The Balaban J connectivity index is 1.28. The van der Waals surface area contributed by atoms with Crippen LogP contribution in [0.15, 0.2) is 0 Å². The van der Waals surface area contributed by atoms with Gasteiger partial charge in [0.1, 0.15) is 0 Å². The second-order valence-corrected chi connectivity index (χ2v) is 16.3. The summed E-state index contributed by atoms with van der Waals surface area (Å²) < 4.78 is 0. The summed E-state index contributed by atoms with van der Waals surface area (Å²) in [6.07, 6.45) is 17.9. The highest BCUT2D eigenvalue weighted by atomic mass is 32.2. The van der Waals surface area contributed by atoms with Crippen molar-refractivity contribution in [1.82, 2.24) is 10.6 Å². The summed E-state index contributed by atoms with van der Waals surface area (Å²) in [5.74, 6) is 8.94. The SMILES string of the molecule is CCSCCCNCC(=O)N[C@@H]1CC[C@@]2(C)[C@@H](CC[C@@H]3[C@@H]2CC[C@]2(C)[C@@H]([C@@H](C)CCCC(C)C)CC[C@@H]32)C1. The molecule has 220 valence electrons. The summed E-state index contributed by atoms with van der Waals surface area (Å²) in [6.45, 7) is 16.4. The van der Waals surface area contributed by atoms with Gasteiger partial charge in [0.05, 0.1) is 6.54 Å². The number of carbonyl (C=O) groups is 1. The molecule has 38 heavy (non-hydrogen) atoms. The van der Waals surface area contributed by atoms with Gasteiger partial charge < -0.3 is 10.6 Å². The quantitative estimate of drug-likeness (QED) is 0.228. The zero-order valence-corrected chi connectivity index (χ0v) is 26.8. The van der Waals surface area contributed by atoms with Gasteiger partial charge in [-0.3, -0.25) is 4.79 Å². The van der Waals surface area contributed by atoms with Crippen molar-refractivity contribution in [3.63, 3.8) is 0 Å². The van der Waals surface area contributed by atoms with E-state index in [9.17, 15) is 4.79 Å². The lowest BCUT2D eigenvalue weighted by atomic mass is 9.44. The number of hydrogen-bond acceptors (Lipinski definition) is 3. The van der Waals surface area contributed by atoms with Gasteiger partial charge in [-0.05, 0) is 135 Å². The summed E-state index contributed by atoms with van der Waals surface area (Å²) in [7, 11) is 0. The molecule has 0 bridgehead atoms. The van der Waals surface area contributed by atoms with Crippen molar-refractivity contribution in [2.75, 3.05) is 24.6 Å². The Bertz CT molecular complexity index is 757. The summed E-state index contributed by atoms with van der Waals surface area (Å²) >= 11 is 1.98. The molecular weight excluding hydrogens is 484 g/mol. The van der Waals surface area contributed by atoms with Crippen molar-refractivity contribution in [3.05, 3.63) is 0 Å². The van der Waals surface area contributed by atoms with E-state index >= 15 is 0 Å². The minimum Gasteiger partial charge on any atom is -0.352 e. The van der Waals surface area contributed by atoms with Crippen molar-refractivity contribution in [3.8, 4) is 0 Å². The van der Waals surface area contributed by atoms with Crippen molar-refractivity contribution in [2.45, 2.75) is 131 Å². The molecule has 0 aromatic rings.